The zero-order chi connectivity index (χ0) is 18.4. The summed E-state index contributed by atoms with van der Waals surface area (Å²) in [5.74, 6) is 2.08. The van der Waals surface area contributed by atoms with Crippen LogP contribution in [0.3, 0.4) is 0 Å². The summed E-state index contributed by atoms with van der Waals surface area (Å²) < 4.78 is 7.13. The first-order chi connectivity index (χ1) is 13.2. The molecule has 2 aromatic carbocycles. The maximum atomic E-state index is 5.96. The van der Waals surface area contributed by atoms with Gasteiger partial charge in [0, 0.05) is 5.56 Å². The summed E-state index contributed by atoms with van der Waals surface area (Å²) in [6.07, 6.45) is 1.73. The second-order valence-electron chi connectivity index (χ2n) is 6.03. The monoisotopic (exact) mass is 357 g/mol. The second-order valence-corrected chi connectivity index (χ2v) is 6.03. The van der Waals surface area contributed by atoms with E-state index in [4.69, 9.17) is 10.5 Å². The minimum absolute atomic E-state index is 0.162. The van der Waals surface area contributed by atoms with Crippen molar-refractivity contribution in [1.82, 2.24) is 29.5 Å². The first-order valence-electron chi connectivity index (χ1n) is 8.33. The first-order valence-corrected chi connectivity index (χ1v) is 8.33. The van der Waals surface area contributed by atoms with Crippen molar-refractivity contribution in [1.29, 1.82) is 0 Å². The van der Waals surface area contributed by atoms with Gasteiger partial charge in [0.2, 0.25) is 11.7 Å². The Hall–Kier alpha value is -3.94. The van der Waals surface area contributed by atoms with Crippen LogP contribution in [-0.2, 0) is 0 Å². The average Bonchev–Trinajstić information content (AvgIpc) is 3.32. The molecule has 0 unspecified atom stereocenters. The average molecular weight is 357 g/mol. The third-order valence-electron chi connectivity index (χ3n) is 4.45. The highest BCUT2D eigenvalue weighted by molar-refractivity contribution is 5.85. The molecular formula is C19H15N7O. The van der Waals surface area contributed by atoms with E-state index in [0.29, 0.717) is 11.6 Å². The summed E-state index contributed by atoms with van der Waals surface area (Å²) in [7, 11) is 1.64. The number of nitrogen functional groups attached to an aromatic ring is 1. The molecule has 3 aromatic heterocycles. The van der Waals surface area contributed by atoms with Gasteiger partial charge in [-0.05, 0) is 36.4 Å². The van der Waals surface area contributed by atoms with E-state index in [0.717, 1.165) is 33.6 Å². The fourth-order valence-electron chi connectivity index (χ4n) is 3.20. The van der Waals surface area contributed by atoms with Gasteiger partial charge in [-0.1, -0.05) is 12.1 Å². The minimum Gasteiger partial charge on any atom is -0.497 e. The number of nitrogens with one attached hydrogen (secondary N) is 1. The third kappa shape index (κ3) is 2.38. The number of nitrogens with zero attached hydrogens (tertiary/aromatic N) is 5. The number of aromatic nitrogens is 6. The Balaban J connectivity index is 1.78. The van der Waals surface area contributed by atoms with E-state index in [1.807, 2.05) is 52.9 Å². The second kappa shape index (κ2) is 5.80. The number of para-hydroxylation sites is 2. The van der Waals surface area contributed by atoms with Crippen molar-refractivity contribution in [2.24, 2.45) is 0 Å². The maximum absolute atomic E-state index is 5.96. The van der Waals surface area contributed by atoms with E-state index >= 15 is 0 Å². The van der Waals surface area contributed by atoms with E-state index in [1.165, 1.54) is 0 Å². The molecule has 0 amide bonds. The van der Waals surface area contributed by atoms with Crippen molar-refractivity contribution in [3.05, 3.63) is 54.7 Å². The molecule has 0 aliphatic carbocycles. The van der Waals surface area contributed by atoms with E-state index < -0.39 is 0 Å². The van der Waals surface area contributed by atoms with Gasteiger partial charge in [0.05, 0.1) is 35.6 Å². The lowest BCUT2D eigenvalue weighted by molar-refractivity contribution is 0.415. The SMILES string of the molecule is COc1ccc(-c2[nH]ncc2-c2nc(N)nc3nc4ccccc4n23)cc1. The molecule has 0 saturated heterocycles. The molecule has 0 spiro atoms. The quantitative estimate of drug-likeness (QED) is 0.514. The number of H-pyrrole nitrogens is 1. The van der Waals surface area contributed by atoms with Gasteiger partial charge in [-0.2, -0.15) is 15.1 Å². The van der Waals surface area contributed by atoms with Gasteiger partial charge < -0.3 is 10.5 Å². The van der Waals surface area contributed by atoms with Crippen LogP contribution < -0.4 is 10.5 Å². The largest absolute Gasteiger partial charge is 0.497 e. The molecule has 0 radical (unpaired) electrons. The number of benzene rings is 2. The van der Waals surface area contributed by atoms with Crippen LogP contribution in [0, 0.1) is 0 Å². The molecule has 5 aromatic rings. The predicted octanol–water partition coefficient (Wildman–Crippen LogP) is 2.93. The van der Waals surface area contributed by atoms with Crippen LogP contribution in [0.2, 0.25) is 0 Å². The van der Waals surface area contributed by atoms with Crippen LogP contribution in [0.5, 0.6) is 5.75 Å². The van der Waals surface area contributed by atoms with Crippen molar-refractivity contribution in [2.75, 3.05) is 12.8 Å². The van der Waals surface area contributed by atoms with Crippen molar-refractivity contribution >= 4 is 22.8 Å². The van der Waals surface area contributed by atoms with Gasteiger partial charge in [0.25, 0.3) is 0 Å². The molecule has 8 nitrogen and oxygen atoms in total. The first kappa shape index (κ1) is 15.3. The Morgan fingerprint density at radius 2 is 1.81 bits per heavy atom. The molecule has 5 rings (SSSR count). The summed E-state index contributed by atoms with van der Waals surface area (Å²) >= 11 is 0. The smallest absolute Gasteiger partial charge is 0.239 e. The summed E-state index contributed by atoms with van der Waals surface area (Å²) in [6, 6.07) is 15.5. The maximum Gasteiger partial charge on any atom is 0.239 e. The van der Waals surface area contributed by atoms with Gasteiger partial charge in [-0.25, -0.2) is 4.98 Å². The van der Waals surface area contributed by atoms with Crippen LogP contribution in [0.25, 0.3) is 39.5 Å². The molecule has 0 aliphatic heterocycles. The highest BCUT2D eigenvalue weighted by Gasteiger charge is 2.18. The summed E-state index contributed by atoms with van der Waals surface area (Å²) in [5.41, 5.74) is 10.3. The zero-order valence-corrected chi connectivity index (χ0v) is 14.4. The highest BCUT2D eigenvalue weighted by Crippen LogP contribution is 2.32. The Kier molecular flexibility index (Phi) is 3.29. The molecule has 8 heteroatoms. The Morgan fingerprint density at radius 3 is 2.63 bits per heavy atom. The van der Waals surface area contributed by atoms with Crippen molar-refractivity contribution in [3.63, 3.8) is 0 Å². The molecule has 3 heterocycles. The molecule has 0 atom stereocenters. The number of hydrogen-bond donors (Lipinski definition) is 2. The lowest BCUT2D eigenvalue weighted by Gasteiger charge is -2.08. The van der Waals surface area contributed by atoms with Crippen LogP contribution in [0.1, 0.15) is 0 Å². The molecular weight excluding hydrogens is 342 g/mol. The number of hydrogen-bond acceptors (Lipinski definition) is 6. The molecule has 0 saturated carbocycles. The minimum atomic E-state index is 0.162. The molecule has 3 N–H and O–H groups in total. The van der Waals surface area contributed by atoms with E-state index in [9.17, 15) is 0 Å². The van der Waals surface area contributed by atoms with Crippen molar-refractivity contribution in [2.45, 2.75) is 0 Å². The fraction of sp³-hybridized carbons (Fsp3) is 0.0526. The Labute approximate surface area is 153 Å². The molecule has 0 bridgehead atoms. The summed E-state index contributed by atoms with van der Waals surface area (Å²) in [4.78, 5) is 13.3. The van der Waals surface area contributed by atoms with E-state index in [1.54, 1.807) is 13.3 Å². The summed E-state index contributed by atoms with van der Waals surface area (Å²) in [5, 5.41) is 7.28. The highest BCUT2D eigenvalue weighted by atomic mass is 16.5. The number of anilines is 1. The Morgan fingerprint density at radius 1 is 1.00 bits per heavy atom. The topological polar surface area (TPSA) is 107 Å². The van der Waals surface area contributed by atoms with Gasteiger partial charge in [0.1, 0.15) is 5.75 Å². The number of fused-ring (bicyclic) bond motifs is 3. The lowest BCUT2D eigenvalue weighted by atomic mass is 10.1. The van der Waals surface area contributed by atoms with Gasteiger partial charge in [-0.3, -0.25) is 9.50 Å². The fourth-order valence-corrected chi connectivity index (χ4v) is 3.20. The Bertz CT molecular complexity index is 1270. The molecule has 27 heavy (non-hydrogen) atoms. The predicted molar refractivity (Wildman–Crippen MR) is 102 cm³/mol. The molecule has 0 aliphatic rings. The molecule has 132 valence electrons. The summed E-state index contributed by atoms with van der Waals surface area (Å²) in [6.45, 7) is 0. The van der Waals surface area contributed by atoms with E-state index in [-0.39, 0.29) is 5.95 Å². The zero-order valence-electron chi connectivity index (χ0n) is 14.4. The number of rotatable bonds is 3. The number of nitrogens with two attached hydrogens (primary N) is 1. The number of ether oxygens (including phenoxy) is 1. The number of imidazole rings is 1. The van der Waals surface area contributed by atoms with Gasteiger partial charge in [-0.15, -0.1) is 0 Å². The van der Waals surface area contributed by atoms with E-state index in [2.05, 4.69) is 25.1 Å². The van der Waals surface area contributed by atoms with Crippen LogP contribution in [0.15, 0.2) is 54.7 Å². The van der Waals surface area contributed by atoms with Gasteiger partial charge >= 0.3 is 0 Å². The van der Waals surface area contributed by atoms with Crippen molar-refractivity contribution in [3.8, 4) is 28.4 Å². The standard InChI is InChI=1S/C19H15N7O/c1-27-12-8-6-11(7-9-12)16-13(10-21-25-16)17-23-18(20)24-19-22-14-4-2-3-5-15(14)26(17)19/h2-10H,1H3,(H,21,25)(H2,20,22,24). The van der Waals surface area contributed by atoms with Gasteiger partial charge in [0.15, 0.2) is 5.82 Å². The number of aromatic amines is 1. The number of methoxy groups -OCH3 is 1. The van der Waals surface area contributed by atoms with Crippen LogP contribution in [-0.4, -0.2) is 36.7 Å². The third-order valence-corrected chi connectivity index (χ3v) is 4.45. The normalized spacial score (nSPS) is 11.3. The molecule has 0 fully saturated rings. The van der Waals surface area contributed by atoms with Crippen LogP contribution >= 0.6 is 0 Å². The van der Waals surface area contributed by atoms with Crippen LogP contribution in [0.4, 0.5) is 5.95 Å². The lowest BCUT2D eigenvalue weighted by Crippen LogP contribution is -2.04. The van der Waals surface area contributed by atoms with Crippen molar-refractivity contribution < 1.29 is 4.74 Å².